The zero-order valence-corrected chi connectivity index (χ0v) is 30.3. The molecule has 0 amide bonds. The average molecular weight is 757 g/mol. The predicted octanol–water partition coefficient (Wildman–Crippen LogP) is 5.76. The van der Waals surface area contributed by atoms with E-state index in [9.17, 15) is 32.7 Å². The van der Waals surface area contributed by atoms with Crippen LogP contribution in [0.2, 0.25) is 4.87 Å². The van der Waals surface area contributed by atoms with Gasteiger partial charge in [0.1, 0.15) is 29.8 Å². The summed E-state index contributed by atoms with van der Waals surface area (Å²) in [7, 11) is 3.49. The summed E-state index contributed by atoms with van der Waals surface area (Å²) < 4.78 is 45.1. The fourth-order valence-corrected chi connectivity index (χ4v) is 4.47. The molecule has 8 nitrogen and oxygen atoms in total. The van der Waals surface area contributed by atoms with Gasteiger partial charge in [-0.1, -0.05) is 58.0 Å². The van der Waals surface area contributed by atoms with Crippen molar-refractivity contribution in [1.29, 1.82) is 0 Å². The molecular formula is C34H47F3N3O5Sb. The molecule has 0 saturated carbocycles. The van der Waals surface area contributed by atoms with Crippen LogP contribution in [0.3, 0.4) is 0 Å². The molecule has 0 spiro atoms. The molecule has 254 valence electrons. The second-order valence-electron chi connectivity index (χ2n) is 9.46. The summed E-state index contributed by atoms with van der Waals surface area (Å²) in [5.41, 5.74) is -0.00525. The number of nitrogens with zero attached hydrogens (tertiary/aromatic N) is 2. The Kier molecular flexibility index (Phi) is 22.7. The van der Waals surface area contributed by atoms with Crippen molar-refractivity contribution in [3.8, 4) is 5.75 Å². The molecule has 3 aromatic rings. The molecule has 2 unspecified atom stereocenters. The minimum absolute atomic E-state index is 0.0332. The van der Waals surface area contributed by atoms with Crippen molar-refractivity contribution >= 4 is 35.6 Å². The summed E-state index contributed by atoms with van der Waals surface area (Å²) in [6.45, 7) is 9.45. The number of likely N-dealkylation sites (tertiary alicyclic amines) is 1. The second-order valence-corrected chi connectivity index (χ2v) is 9.46. The van der Waals surface area contributed by atoms with Gasteiger partial charge in [-0.2, -0.15) is 0 Å². The van der Waals surface area contributed by atoms with Gasteiger partial charge in [-0.15, -0.1) is 0 Å². The maximum atomic E-state index is 12.8. The van der Waals surface area contributed by atoms with Gasteiger partial charge in [-0.3, -0.25) is 14.4 Å². The van der Waals surface area contributed by atoms with Gasteiger partial charge in [0, 0.05) is 37.0 Å². The molecule has 0 bridgehead atoms. The molecular weight excluding hydrogens is 709 g/mol. The summed E-state index contributed by atoms with van der Waals surface area (Å²) in [5, 5.41) is 13.2. The molecule has 1 aliphatic rings. The molecule has 2 heterocycles. The number of carbonyl (C=O) groups is 2. The van der Waals surface area contributed by atoms with Gasteiger partial charge in [0.15, 0.2) is 18.3 Å². The summed E-state index contributed by atoms with van der Waals surface area (Å²) >= 11 is 1.75. The first kappa shape index (κ1) is 43.0. The number of rotatable bonds is 8. The number of aliphatic hydroxyl groups excluding tert-OH is 1. The van der Waals surface area contributed by atoms with E-state index >= 15 is 0 Å². The Bertz CT molecular complexity index is 1350. The van der Waals surface area contributed by atoms with Gasteiger partial charge in [-0.25, -0.2) is 13.2 Å². The summed E-state index contributed by atoms with van der Waals surface area (Å²) in [6.07, 6.45) is 3.04. The van der Waals surface area contributed by atoms with E-state index in [1.54, 1.807) is 30.1 Å². The molecule has 1 aromatic heterocycles. The third-order valence-corrected chi connectivity index (χ3v) is 6.52. The Morgan fingerprint density at radius 1 is 1.02 bits per heavy atom. The van der Waals surface area contributed by atoms with E-state index in [4.69, 9.17) is 4.74 Å². The number of benzene rings is 2. The quantitative estimate of drug-likeness (QED) is 0.223. The van der Waals surface area contributed by atoms with Crippen LogP contribution in [0.1, 0.15) is 78.6 Å². The van der Waals surface area contributed by atoms with Gasteiger partial charge in [0.25, 0.3) is 0 Å². The first-order valence-corrected chi connectivity index (χ1v) is 17.7. The van der Waals surface area contributed by atoms with Gasteiger partial charge in [0.2, 0.25) is 5.43 Å². The first-order valence-electron chi connectivity index (χ1n) is 15.2. The van der Waals surface area contributed by atoms with E-state index < -0.39 is 35.0 Å². The minimum atomic E-state index is -0.898. The predicted molar refractivity (Wildman–Crippen MR) is 177 cm³/mol. The molecule has 46 heavy (non-hydrogen) atoms. The van der Waals surface area contributed by atoms with Crippen LogP contribution in [-0.2, 0) is 13.2 Å². The van der Waals surface area contributed by atoms with Crippen LogP contribution < -0.4 is 15.5 Å². The monoisotopic (exact) mass is 755 g/mol. The Labute approximate surface area is 284 Å². The van der Waals surface area contributed by atoms with E-state index in [2.05, 4.69) is 15.1 Å². The Balaban J connectivity index is 0.000000940. The standard InChI is InChI=1S/C21H24N2O5.C8H8F3N.2C2H6.CH3.Sb/c1-22-9-5-8-19(26)17(11-22)23-10-16(12-24)20(27)21(18(23)13-25)28-14-15-6-3-2-4-7-15;1-12-4-6-7(10)2-5(9)3-8(6)11;2*1-2;;/h2-4,6-7,10,12-13,17,19,26H,5,8-9,11,14H2,1H3;2-3,12H,4H2,1H3;2*1-2H3;1H3;. The van der Waals surface area contributed by atoms with Crippen molar-refractivity contribution < 1.29 is 32.6 Å². The zero-order valence-electron chi connectivity index (χ0n) is 27.7. The Morgan fingerprint density at radius 2 is 1.61 bits per heavy atom. The maximum absolute atomic E-state index is 12.8. The number of aromatic nitrogens is 1. The number of aldehydes is 2. The van der Waals surface area contributed by atoms with E-state index in [0.29, 0.717) is 37.7 Å². The number of aliphatic hydroxyl groups is 1. The summed E-state index contributed by atoms with van der Waals surface area (Å²) in [5.74, 6) is -2.78. The number of hydrogen-bond donors (Lipinski definition) is 2. The summed E-state index contributed by atoms with van der Waals surface area (Å²) in [6, 6.07) is 10.1. The normalized spacial score (nSPS) is 15.5. The second kappa shape index (κ2) is 24.2. The van der Waals surface area contributed by atoms with Crippen LogP contribution in [0.25, 0.3) is 0 Å². The van der Waals surface area contributed by atoms with Gasteiger partial charge >= 0.3 is 27.9 Å². The fourth-order valence-electron chi connectivity index (χ4n) is 4.47. The van der Waals surface area contributed by atoms with Crippen LogP contribution in [0, 0.1) is 17.5 Å². The molecule has 1 saturated heterocycles. The molecule has 1 aliphatic heterocycles. The van der Waals surface area contributed by atoms with Crippen molar-refractivity contribution in [2.75, 3.05) is 27.2 Å². The first-order chi connectivity index (χ1) is 22.2. The topological polar surface area (TPSA) is 101 Å². The molecule has 2 N–H and O–H groups in total. The van der Waals surface area contributed by atoms with Crippen molar-refractivity contribution in [3.63, 3.8) is 0 Å². The molecule has 2 atom stereocenters. The van der Waals surface area contributed by atoms with Crippen molar-refractivity contribution in [2.24, 2.45) is 0 Å². The van der Waals surface area contributed by atoms with Gasteiger partial charge < -0.3 is 24.6 Å². The van der Waals surface area contributed by atoms with E-state index in [0.717, 1.165) is 18.5 Å². The molecule has 2 radical (unpaired) electrons. The molecule has 4 rings (SSSR count). The molecule has 2 aromatic carbocycles. The van der Waals surface area contributed by atoms with Crippen LogP contribution in [0.15, 0.2) is 53.5 Å². The zero-order chi connectivity index (χ0) is 35.2. The van der Waals surface area contributed by atoms with E-state index in [1.165, 1.54) is 10.8 Å². The van der Waals surface area contributed by atoms with Crippen LogP contribution in [0.4, 0.5) is 13.2 Å². The van der Waals surface area contributed by atoms with Crippen LogP contribution in [-0.4, -0.2) is 83.5 Å². The number of halogens is 3. The molecule has 1 fully saturated rings. The van der Waals surface area contributed by atoms with Crippen molar-refractivity contribution in [3.05, 3.63) is 98.7 Å². The number of nitrogens with one attached hydrogen (secondary N) is 1. The van der Waals surface area contributed by atoms with Crippen LogP contribution in [0.5, 0.6) is 5.75 Å². The van der Waals surface area contributed by atoms with Gasteiger partial charge in [-0.05, 0) is 39.0 Å². The Morgan fingerprint density at radius 3 is 2.13 bits per heavy atom. The van der Waals surface area contributed by atoms with Gasteiger partial charge in [0.05, 0.1) is 17.7 Å². The van der Waals surface area contributed by atoms with Crippen molar-refractivity contribution in [1.82, 2.24) is 14.8 Å². The number of ether oxygens (including phenoxy) is 1. The van der Waals surface area contributed by atoms with Crippen LogP contribution >= 0.6 is 0 Å². The Hall–Kier alpha value is -2.98. The van der Waals surface area contributed by atoms with E-state index in [1.807, 2.05) is 65.1 Å². The summed E-state index contributed by atoms with van der Waals surface area (Å²) in [4.78, 5) is 40.1. The number of likely N-dealkylation sites (N-methyl/N-ethyl adjacent to an activating group) is 1. The SMILES string of the molecule is CC.CC.CN1CCCC(O)C(n2cc(C=O)c(=O)c(OCc3ccccc3)c2C=O)C1.CNCc1c(F)cc(F)cc1F.[CH3][Sb]. The molecule has 0 aliphatic carbocycles. The third-order valence-electron chi connectivity index (χ3n) is 6.52. The number of pyridine rings is 1. The fraction of sp³-hybridized carbons (Fsp3) is 0.441. The number of carbonyl (C=O) groups excluding carboxylic acids is 2. The molecule has 12 heteroatoms. The van der Waals surface area contributed by atoms with E-state index in [-0.39, 0.29) is 35.7 Å². The van der Waals surface area contributed by atoms with Crippen molar-refractivity contribution in [2.45, 2.75) is 70.7 Å². The number of hydrogen-bond acceptors (Lipinski definition) is 7. The third kappa shape index (κ3) is 13.0. The average Bonchev–Trinajstić information content (AvgIpc) is 3.25.